The second-order valence-corrected chi connectivity index (χ2v) is 14.3. The van der Waals surface area contributed by atoms with Crippen molar-refractivity contribution in [2.45, 2.75) is 154 Å². The molecule has 1 spiro atoms. The number of rotatable bonds is 17. The summed E-state index contributed by atoms with van der Waals surface area (Å²) in [7, 11) is 0. The Hall–Kier alpha value is -2.07. The SMILES string of the molecule is C=C[C@@H](C)CC[C@@H]1CCC[C@]2(CC[C@H](C)[C@@H](CCCNC(=O)[C@@H](C)[C@@H](O)CNC(=O)C[C@@H]3O[C@@H](CC(=O)/C=C/C)CC[C@@H]3C)O2)O1. The Kier molecular flexibility index (Phi) is 15.9. The number of allylic oxidation sites excluding steroid dienone is 3. The van der Waals surface area contributed by atoms with Crippen LogP contribution in [0, 0.1) is 23.7 Å². The molecule has 3 aliphatic heterocycles. The molecular weight excluding hydrogens is 584 g/mol. The zero-order valence-electron chi connectivity index (χ0n) is 29.1. The van der Waals surface area contributed by atoms with Crippen molar-refractivity contribution in [1.29, 1.82) is 0 Å². The van der Waals surface area contributed by atoms with E-state index < -0.39 is 17.8 Å². The molecule has 3 heterocycles. The fourth-order valence-electron chi connectivity index (χ4n) is 6.95. The molecule has 0 aliphatic carbocycles. The van der Waals surface area contributed by atoms with E-state index in [0.29, 0.717) is 24.8 Å². The zero-order valence-corrected chi connectivity index (χ0v) is 29.1. The van der Waals surface area contributed by atoms with Gasteiger partial charge in [0, 0.05) is 32.4 Å². The molecule has 46 heavy (non-hydrogen) atoms. The standard InChI is InChI=1S/C37H62N2O7/c1-7-11-29(40)22-31-17-15-26(4)34(44-31)23-35(42)39-24-32(41)28(6)36(43)38-21-10-13-33-27(5)18-20-37(46-33)19-9-12-30(45-37)16-14-25(3)8-2/h7-8,11,25-28,30-34,41H,2,9-10,12-24H2,1,3-6H3,(H,38,43)(H,39,42)/b11-7+/t25-,26+,27+,28+,30+,31-,32+,33-,34+,37+/m1/s1. The number of carbonyl (C=O) groups is 3. The molecule has 3 rings (SSSR count). The van der Waals surface area contributed by atoms with Crippen LogP contribution >= 0.6 is 0 Å². The molecular formula is C37H62N2O7. The van der Waals surface area contributed by atoms with E-state index in [0.717, 1.165) is 70.6 Å². The lowest BCUT2D eigenvalue weighted by Crippen LogP contribution is -2.50. The number of carbonyl (C=O) groups excluding carboxylic acids is 3. The largest absolute Gasteiger partial charge is 0.390 e. The highest BCUT2D eigenvalue weighted by atomic mass is 16.7. The first-order valence-electron chi connectivity index (χ1n) is 18.0. The Morgan fingerprint density at radius 2 is 1.72 bits per heavy atom. The van der Waals surface area contributed by atoms with E-state index in [4.69, 9.17) is 14.2 Å². The zero-order chi connectivity index (χ0) is 33.7. The van der Waals surface area contributed by atoms with Gasteiger partial charge >= 0.3 is 0 Å². The Morgan fingerprint density at radius 1 is 0.957 bits per heavy atom. The van der Waals surface area contributed by atoms with Crippen LogP contribution in [0.4, 0.5) is 0 Å². The molecule has 9 nitrogen and oxygen atoms in total. The van der Waals surface area contributed by atoms with Gasteiger partial charge in [0.25, 0.3) is 0 Å². The summed E-state index contributed by atoms with van der Waals surface area (Å²) >= 11 is 0. The van der Waals surface area contributed by atoms with Crippen LogP contribution in [0.15, 0.2) is 24.8 Å². The molecule has 0 aromatic rings. The first kappa shape index (κ1) is 38.4. The van der Waals surface area contributed by atoms with Crippen LogP contribution in [0.25, 0.3) is 0 Å². The third kappa shape index (κ3) is 12.2. The highest BCUT2D eigenvalue weighted by molar-refractivity contribution is 5.89. The molecule has 2 amide bonds. The van der Waals surface area contributed by atoms with Gasteiger partial charge in [-0.3, -0.25) is 14.4 Å². The maximum absolute atomic E-state index is 12.8. The van der Waals surface area contributed by atoms with Crippen LogP contribution in [0.5, 0.6) is 0 Å². The smallest absolute Gasteiger partial charge is 0.225 e. The second kappa shape index (κ2) is 19.1. The minimum atomic E-state index is -1.01. The molecule has 10 atom stereocenters. The Morgan fingerprint density at radius 3 is 2.46 bits per heavy atom. The van der Waals surface area contributed by atoms with Crippen LogP contribution < -0.4 is 10.6 Å². The molecule has 3 fully saturated rings. The monoisotopic (exact) mass is 646 g/mol. The second-order valence-electron chi connectivity index (χ2n) is 14.3. The molecule has 0 bridgehead atoms. The predicted molar refractivity (Wildman–Crippen MR) is 180 cm³/mol. The van der Waals surface area contributed by atoms with Gasteiger partial charge in [-0.05, 0) is 88.5 Å². The highest BCUT2D eigenvalue weighted by Gasteiger charge is 2.44. The van der Waals surface area contributed by atoms with Gasteiger partial charge in [0.2, 0.25) is 11.8 Å². The van der Waals surface area contributed by atoms with Crippen LogP contribution in [-0.4, -0.2) is 72.1 Å². The van der Waals surface area contributed by atoms with E-state index in [-0.39, 0.29) is 60.9 Å². The minimum absolute atomic E-state index is 0.0132. The number of aliphatic hydroxyl groups is 1. The van der Waals surface area contributed by atoms with Crippen molar-refractivity contribution in [2.24, 2.45) is 23.7 Å². The van der Waals surface area contributed by atoms with Gasteiger partial charge in [-0.15, -0.1) is 6.58 Å². The maximum Gasteiger partial charge on any atom is 0.225 e. The van der Waals surface area contributed by atoms with E-state index in [2.05, 4.69) is 38.0 Å². The van der Waals surface area contributed by atoms with Gasteiger partial charge in [-0.1, -0.05) is 39.8 Å². The van der Waals surface area contributed by atoms with Crippen LogP contribution in [0.2, 0.25) is 0 Å². The fraction of sp³-hybridized carbons (Fsp3) is 0.811. The number of aliphatic hydroxyl groups excluding tert-OH is 1. The van der Waals surface area contributed by atoms with Gasteiger partial charge in [0.05, 0.1) is 42.9 Å². The Balaban J connectivity index is 1.35. The fourth-order valence-corrected chi connectivity index (χ4v) is 6.95. The van der Waals surface area contributed by atoms with Crippen LogP contribution in [0.3, 0.4) is 0 Å². The predicted octanol–water partition coefficient (Wildman–Crippen LogP) is 5.79. The third-order valence-electron chi connectivity index (χ3n) is 10.4. The molecule has 262 valence electrons. The lowest BCUT2D eigenvalue weighted by atomic mass is 9.85. The Bertz CT molecular complexity index is 1020. The van der Waals surface area contributed by atoms with Crippen molar-refractivity contribution in [1.82, 2.24) is 10.6 Å². The average molecular weight is 647 g/mol. The molecule has 3 aliphatic rings. The first-order valence-corrected chi connectivity index (χ1v) is 18.0. The maximum atomic E-state index is 12.8. The van der Waals surface area contributed by atoms with Gasteiger partial charge in [0.1, 0.15) is 0 Å². The summed E-state index contributed by atoms with van der Waals surface area (Å²) in [6.07, 6.45) is 15.2. The average Bonchev–Trinajstić information content (AvgIpc) is 3.03. The van der Waals surface area contributed by atoms with E-state index in [1.807, 2.05) is 13.0 Å². The van der Waals surface area contributed by atoms with Crippen molar-refractivity contribution in [3.63, 3.8) is 0 Å². The summed E-state index contributed by atoms with van der Waals surface area (Å²) < 4.78 is 19.4. The molecule has 0 aromatic heterocycles. The van der Waals surface area contributed by atoms with Crippen molar-refractivity contribution >= 4 is 17.6 Å². The number of amides is 2. The summed E-state index contributed by atoms with van der Waals surface area (Å²) in [5, 5.41) is 16.4. The van der Waals surface area contributed by atoms with E-state index >= 15 is 0 Å². The third-order valence-corrected chi connectivity index (χ3v) is 10.4. The molecule has 0 radical (unpaired) electrons. The molecule has 0 unspecified atom stereocenters. The van der Waals surface area contributed by atoms with Crippen molar-refractivity contribution in [3.05, 3.63) is 24.8 Å². The molecule has 0 saturated carbocycles. The highest BCUT2D eigenvalue weighted by Crippen LogP contribution is 2.43. The van der Waals surface area contributed by atoms with Gasteiger partial charge in [-0.25, -0.2) is 0 Å². The van der Waals surface area contributed by atoms with E-state index in [9.17, 15) is 19.5 Å². The molecule has 9 heteroatoms. The Labute approximate surface area is 277 Å². The number of ketones is 1. The van der Waals surface area contributed by atoms with Crippen LogP contribution in [0.1, 0.15) is 118 Å². The number of hydrogen-bond donors (Lipinski definition) is 3. The van der Waals surface area contributed by atoms with Gasteiger partial charge < -0.3 is 30.0 Å². The summed E-state index contributed by atoms with van der Waals surface area (Å²) in [5.41, 5.74) is 0. The normalized spacial score (nSPS) is 32.0. The lowest BCUT2D eigenvalue weighted by Gasteiger charge is -2.48. The van der Waals surface area contributed by atoms with E-state index in [1.54, 1.807) is 19.1 Å². The van der Waals surface area contributed by atoms with Gasteiger partial charge in [0.15, 0.2) is 11.6 Å². The number of ether oxygens (including phenoxy) is 3. The number of nitrogens with one attached hydrogen (secondary N) is 2. The molecule has 0 aromatic carbocycles. The summed E-state index contributed by atoms with van der Waals surface area (Å²) in [6, 6.07) is 0. The lowest BCUT2D eigenvalue weighted by molar-refractivity contribution is -0.324. The molecule has 3 saturated heterocycles. The molecule has 3 N–H and O–H groups in total. The van der Waals surface area contributed by atoms with E-state index in [1.165, 1.54) is 0 Å². The minimum Gasteiger partial charge on any atom is -0.390 e. The topological polar surface area (TPSA) is 123 Å². The van der Waals surface area contributed by atoms with Crippen molar-refractivity contribution in [3.8, 4) is 0 Å². The number of hydrogen-bond acceptors (Lipinski definition) is 7. The summed E-state index contributed by atoms with van der Waals surface area (Å²) in [6.45, 7) is 14.4. The van der Waals surface area contributed by atoms with Crippen LogP contribution in [-0.2, 0) is 28.6 Å². The first-order chi connectivity index (χ1) is 21.9. The van der Waals surface area contributed by atoms with Crippen molar-refractivity contribution < 1.29 is 33.7 Å². The summed E-state index contributed by atoms with van der Waals surface area (Å²) in [4.78, 5) is 37.4. The van der Waals surface area contributed by atoms with Crippen molar-refractivity contribution in [2.75, 3.05) is 13.1 Å². The van der Waals surface area contributed by atoms with Gasteiger partial charge in [-0.2, -0.15) is 0 Å². The quantitative estimate of drug-likeness (QED) is 0.104. The summed E-state index contributed by atoms with van der Waals surface area (Å²) in [5.74, 6) is -0.462.